The maximum Gasteiger partial charge on any atom is 0.354 e. The molecule has 0 radical (unpaired) electrons. The fourth-order valence-corrected chi connectivity index (χ4v) is 1.90. The second kappa shape index (κ2) is 6.27. The first-order valence-corrected chi connectivity index (χ1v) is 6.68. The number of rotatable bonds is 6. The molecule has 0 amide bonds. The van der Waals surface area contributed by atoms with Crippen molar-refractivity contribution >= 4 is 16.9 Å². The van der Waals surface area contributed by atoms with Crippen LogP contribution in [0.15, 0.2) is 24.3 Å². The van der Waals surface area contributed by atoms with Crippen LogP contribution in [-0.2, 0) is 4.74 Å². The molecule has 1 aromatic heterocycles. The Labute approximate surface area is 112 Å². The first-order valence-electron chi connectivity index (χ1n) is 6.68. The molecule has 1 N–H and O–H groups in total. The van der Waals surface area contributed by atoms with Crippen LogP contribution >= 0.6 is 0 Å². The Bertz CT molecular complexity index is 560. The summed E-state index contributed by atoms with van der Waals surface area (Å²) in [5.74, 6) is 0.468. The summed E-state index contributed by atoms with van der Waals surface area (Å²) in [5, 5.41) is 0.918. The standard InChI is InChI=1S/C15H19NO3/c1-3-5-9-19-14-8-6-7-12-11(14)10-13(16-12)15(17)18-4-2/h6-8,10,16H,3-5,9H2,1-2H3. The summed E-state index contributed by atoms with van der Waals surface area (Å²) in [5.41, 5.74) is 1.35. The Morgan fingerprint density at radius 3 is 2.89 bits per heavy atom. The first-order chi connectivity index (χ1) is 9.26. The molecule has 2 rings (SSSR count). The minimum Gasteiger partial charge on any atom is -0.493 e. The zero-order valence-corrected chi connectivity index (χ0v) is 11.4. The molecule has 0 aliphatic rings. The van der Waals surface area contributed by atoms with Crippen LogP contribution in [0.4, 0.5) is 0 Å². The molecule has 0 atom stereocenters. The van der Waals surface area contributed by atoms with Crippen LogP contribution < -0.4 is 4.74 Å². The molecule has 0 aliphatic carbocycles. The number of ether oxygens (including phenoxy) is 2. The zero-order valence-electron chi connectivity index (χ0n) is 11.4. The lowest BCUT2D eigenvalue weighted by Crippen LogP contribution is -2.04. The number of hydrogen-bond acceptors (Lipinski definition) is 3. The van der Waals surface area contributed by atoms with Crippen molar-refractivity contribution in [2.24, 2.45) is 0 Å². The van der Waals surface area contributed by atoms with Crippen LogP contribution in [0.25, 0.3) is 10.9 Å². The molecule has 4 heteroatoms. The van der Waals surface area contributed by atoms with Crippen molar-refractivity contribution in [2.75, 3.05) is 13.2 Å². The number of esters is 1. The van der Waals surface area contributed by atoms with E-state index >= 15 is 0 Å². The van der Waals surface area contributed by atoms with E-state index in [0.29, 0.717) is 18.9 Å². The van der Waals surface area contributed by atoms with E-state index in [-0.39, 0.29) is 5.97 Å². The number of nitrogens with one attached hydrogen (secondary N) is 1. The molecule has 4 nitrogen and oxygen atoms in total. The first kappa shape index (κ1) is 13.5. The van der Waals surface area contributed by atoms with E-state index in [9.17, 15) is 4.79 Å². The molecular formula is C15H19NO3. The summed E-state index contributed by atoms with van der Waals surface area (Å²) >= 11 is 0. The maximum atomic E-state index is 11.7. The molecule has 102 valence electrons. The average Bonchev–Trinajstić information content (AvgIpc) is 2.84. The number of hydrogen-bond donors (Lipinski definition) is 1. The molecule has 0 unspecified atom stereocenters. The number of H-pyrrole nitrogens is 1. The predicted octanol–water partition coefficient (Wildman–Crippen LogP) is 3.52. The van der Waals surface area contributed by atoms with Gasteiger partial charge in [0.05, 0.1) is 13.2 Å². The van der Waals surface area contributed by atoms with Gasteiger partial charge in [0.2, 0.25) is 0 Å². The summed E-state index contributed by atoms with van der Waals surface area (Å²) in [7, 11) is 0. The topological polar surface area (TPSA) is 51.3 Å². The number of carbonyl (C=O) groups is 1. The van der Waals surface area contributed by atoms with E-state index in [0.717, 1.165) is 29.5 Å². The zero-order chi connectivity index (χ0) is 13.7. The van der Waals surface area contributed by atoms with Gasteiger partial charge in [-0.2, -0.15) is 0 Å². The van der Waals surface area contributed by atoms with Crippen molar-refractivity contribution in [2.45, 2.75) is 26.7 Å². The fourth-order valence-electron chi connectivity index (χ4n) is 1.90. The third kappa shape index (κ3) is 3.08. The van der Waals surface area contributed by atoms with Crippen molar-refractivity contribution in [1.82, 2.24) is 4.98 Å². The van der Waals surface area contributed by atoms with E-state index in [1.165, 1.54) is 0 Å². The normalized spacial score (nSPS) is 10.6. The van der Waals surface area contributed by atoms with Gasteiger partial charge in [0.1, 0.15) is 11.4 Å². The number of aromatic nitrogens is 1. The van der Waals surface area contributed by atoms with E-state index in [1.807, 2.05) is 18.2 Å². The second-order valence-electron chi connectivity index (χ2n) is 4.32. The van der Waals surface area contributed by atoms with Gasteiger partial charge in [0.25, 0.3) is 0 Å². The summed E-state index contributed by atoms with van der Waals surface area (Å²) in [4.78, 5) is 14.7. The Morgan fingerprint density at radius 1 is 1.32 bits per heavy atom. The van der Waals surface area contributed by atoms with Crippen LogP contribution in [0.5, 0.6) is 5.75 Å². The van der Waals surface area contributed by atoms with Crippen molar-refractivity contribution < 1.29 is 14.3 Å². The van der Waals surface area contributed by atoms with Gasteiger partial charge in [-0.05, 0) is 31.5 Å². The predicted molar refractivity (Wildman–Crippen MR) is 74.7 cm³/mol. The largest absolute Gasteiger partial charge is 0.493 e. The van der Waals surface area contributed by atoms with Gasteiger partial charge in [0, 0.05) is 10.9 Å². The van der Waals surface area contributed by atoms with Crippen molar-refractivity contribution in [1.29, 1.82) is 0 Å². The number of carbonyl (C=O) groups excluding carboxylic acids is 1. The number of fused-ring (bicyclic) bond motifs is 1. The molecule has 0 fully saturated rings. The smallest absolute Gasteiger partial charge is 0.354 e. The Kier molecular flexibility index (Phi) is 4.44. The molecule has 0 bridgehead atoms. The van der Waals surface area contributed by atoms with Crippen LogP contribution in [0.2, 0.25) is 0 Å². The third-order valence-corrected chi connectivity index (χ3v) is 2.87. The lowest BCUT2D eigenvalue weighted by molar-refractivity contribution is 0.0520. The highest BCUT2D eigenvalue weighted by molar-refractivity contribution is 5.97. The van der Waals surface area contributed by atoms with E-state index in [2.05, 4.69) is 11.9 Å². The molecule has 0 saturated carbocycles. The minimum atomic E-state index is -0.335. The van der Waals surface area contributed by atoms with E-state index < -0.39 is 0 Å². The van der Waals surface area contributed by atoms with Gasteiger partial charge >= 0.3 is 5.97 Å². The van der Waals surface area contributed by atoms with Gasteiger partial charge in [-0.25, -0.2) is 4.79 Å². The lowest BCUT2D eigenvalue weighted by atomic mass is 10.2. The van der Waals surface area contributed by atoms with Gasteiger partial charge in [-0.3, -0.25) is 0 Å². The summed E-state index contributed by atoms with van der Waals surface area (Å²) < 4.78 is 10.7. The van der Waals surface area contributed by atoms with Crippen molar-refractivity contribution in [3.8, 4) is 5.75 Å². The monoisotopic (exact) mass is 261 g/mol. The van der Waals surface area contributed by atoms with Crippen LogP contribution in [-0.4, -0.2) is 24.2 Å². The average molecular weight is 261 g/mol. The fraction of sp³-hybridized carbons (Fsp3) is 0.400. The molecule has 0 spiro atoms. The SMILES string of the molecule is CCCCOc1cccc2[nH]c(C(=O)OCC)cc12. The molecule has 19 heavy (non-hydrogen) atoms. The van der Waals surface area contributed by atoms with E-state index in [4.69, 9.17) is 9.47 Å². The molecule has 1 heterocycles. The molecule has 2 aromatic rings. The Hall–Kier alpha value is -1.97. The van der Waals surface area contributed by atoms with Crippen LogP contribution in [0, 0.1) is 0 Å². The Balaban J connectivity index is 2.26. The molecular weight excluding hydrogens is 242 g/mol. The molecule has 0 saturated heterocycles. The highest BCUT2D eigenvalue weighted by atomic mass is 16.5. The number of aromatic amines is 1. The highest BCUT2D eigenvalue weighted by Gasteiger charge is 2.12. The lowest BCUT2D eigenvalue weighted by Gasteiger charge is -2.05. The number of benzene rings is 1. The van der Waals surface area contributed by atoms with Gasteiger partial charge in [-0.15, -0.1) is 0 Å². The summed E-state index contributed by atoms with van der Waals surface area (Å²) in [6.45, 7) is 4.97. The van der Waals surface area contributed by atoms with Crippen LogP contribution in [0.3, 0.4) is 0 Å². The van der Waals surface area contributed by atoms with Crippen molar-refractivity contribution in [3.63, 3.8) is 0 Å². The quantitative estimate of drug-likeness (QED) is 0.639. The minimum absolute atomic E-state index is 0.335. The highest BCUT2D eigenvalue weighted by Crippen LogP contribution is 2.26. The third-order valence-electron chi connectivity index (χ3n) is 2.87. The van der Waals surface area contributed by atoms with Gasteiger partial charge in [-0.1, -0.05) is 19.4 Å². The van der Waals surface area contributed by atoms with Crippen molar-refractivity contribution in [3.05, 3.63) is 30.0 Å². The van der Waals surface area contributed by atoms with E-state index in [1.54, 1.807) is 13.0 Å². The van der Waals surface area contributed by atoms with Crippen LogP contribution in [0.1, 0.15) is 37.2 Å². The second-order valence-corrected chi connectivity index (χ2v) is 4.32. The Morgan fingerprint density at radius 2 is 2.16 bits per heavy atom. The number of unbranched alkanes of at least 4 members (excludes halogenated alkanes) is 1. The molecule has 0 aliphatic heterocycles. The van der Waals surface area contributed by atoms with Gasteiger partial charge < -0.3 is 14.5 Å². The van der Waals surface area contributed by atoms with Gasteiger partial charge in [0.15, 0.2) is 0 Å². The summed E-state index contributed by atoms with van der Waals surface area (Å²) in [6.07, 6.45) is 2.11. The molecule has 1 aromatic carbocycles. The summed E-state index contributed by atoms with van der Waals surface area (Å²) in [6, 6.07) is 7.54. The maximum absolute atomic E-state index is 11.7.